The number of nitrogens with zero attached hydrogens (tertiary/aromatic N) is 2. The molecule has 1 aliphatic rings. The van der Waals surface area contributed by atoms with E-state index < -0.39 is 0 Å². The molecule has 0 amide bonds. The minimum atomic E-state index is 0.518. The molecule has 0 bridgehead atoms. The molecule has 0 aromatic carbocycles. The Kier molecular flexibility index (Phi) is 6.04. The minimum Gasteiger partial charge on any atom is -0.356 e. The summed E-state index contributed by atoms with van der Waals surface area (Å²) in [4.78, 5) is 7.37. The van der Waals surface area contributed by atoms with Crippen molar-refractivity contribution in [1.29, 1.82) is 0 Å². The number of aryl methyl sites for hydroxylation is 1. The topological polar surface area (TPSA) is 28.2 Å². The van der Waals surface area contributed by atoms with Gasteiger partial charge in [0, 0.05) is 31.4 Å². The molecule has 0 spiro atoms. The number of anilines is 1. The Hall–Kier alpha value is -1.09. The molecule has 1 fully saturated rings. The average molecular weight is 289 g/mol. The fraction of sp³-hybridized carbons (Fsp3) is 0.722. The van der Waals surface area contributed by atoms with Crippen molar-refractivity contribution in [3.8, 4) is 0 Å². The first-order chi connectivity index (χ1) is 10.1. The van der Waals surface area contributed by atoms with Crippen LogP contribution in [-0.2, 0) is 13.0 Å². The third-order valence-corrected chi connectivity index (χ3v) is 3.99. The first-order valence-corrected chi connectivity index (χ1v) is 8.60. The summed E-state index contributed by atoms with van der Waals surface area (Å²) < 4.78 is 0. The minimum absolute atomic E-state index is 0.518. The third-order valence-electron chi connectivity index (χ3n) is 3.99. The zero-order chi connectivity index (χ0) is 15.2. The molecule has 1 saturated carbocycles. The molecule has 1 aromatic heterocycles. The van der Waals surface area contributed by atoms with E-state index in [-0.39, 0.29) is 0 Å². The van der Waals surface area contributed by atoms with E-state index in [0.717, 1.165) is 25.4 Å². The predicted molar refractivity (Wildman–Crippen MR) is 90.8 cm³/mol. The van der Waals surface area contributed by atoms with E-state index >= 15 is 0 Å². The van der Waals surface area contributed by atoms with Gasteiger partial charge in [-0.1, -0.05) is 27.7 Å². The zero-order valence-electron chi connectivity index (χ0n) is 14.2. The third kappa shape index (κ3) is 5.31. The lowest BCUT2D eigenvalue weighted by atomic mass is 10.1. The van der Waals surface area contributed by atoms with Gasteiger partial charge in [-0.25, -0.2) is 4.98 Å². The summed E-state index contributed by atoms with van der Waals surface area (Å²) in [5.74, 6) is 2.09. The molecule has 2 rings (SSSR count). The lowest BCUT2D eigenvalue weighted by molar-refractivity contribution is 0.587. The Morgan fingerprint density at radius 3 is 2.62 bits per heavy atom. The van der Waals surface area contributed by atoms with Crippen molar-refractivity contribution in [2.45, 2.75) is 66.0 Å². The van der Waals surface area contributed by atoms with Crippen molar-refractivity contribution < 1.29 is 0 Å². The number of nitrogens with one attached hydrogen (secondary N) is 1. The van der Waals surface area contributed by atoms with Crippen LogP contribution < -0.4 is 10.2 Å². The van der Waals surface area contributed by atoms with Gasteiger partial charge in [-0.15, -0.1) is 0 Å². The summed E-state index contributed by atoms with van der Waals surface area (Å²) in [5.41, 5.74) is 2.58. The van der Waals surface area contributed by atoms with Crippen LogP contribution in [-0.4, -0.2) is 24.1 Å². The Morgan fingerprint density at radius 1 is 1.29 bits per heavy atom. The molecular formula is C18H31N3. The highest BCUT2D eigenvalue weighted by Crippen LogP contribution is 2.31. The Morgan fingerprint density at radius 2 is 2.05 bits per heavy atom. The number of hydrogen-bond donors (Lipinski definition) is 1. The molecule has 0 atom stereocenters. The maximum absolute atomic E-state index is 4.88. The Bertz CT molecular complexity index is 438. The molecule has 3 heteroatoms. The highest BCUT2D eigenvalue weighted by Gasteiger charge is 2.24. The zero-order valence-corrected chi connectivity index (χ0v) is 14.2. The lowest BCUT2D eigenvalue weighted by Crippen LogP contribution is -2.28. The second-order valence-electron chi connectivity index (χ2n) is 6.60. The smallest absolute Gasteiger partial charge is 0.129 e. The molecule has 0 saturated heterocycles. The first kappa shape index (κ1) is 16.3. The number of aromatic nitrogens is 1. The average Bonchev–Trinajstić information content (AvgIpc) is 3.28. The van der Waals surface area contributed by atoms with Crippen molar-refractivity contribution in [1.82, 2.24) is 10.3 Å². The molecular weight excluding hydrogens is 258 g/mol. The maximum atomic E-state index is 4.88. The molecule has 0 unspecified atom stereocenters. The number of rotatable bonds is 9. The Labute approximate surface area is 130 Å². The largest absolute Gasteiger partial charge is 0.356 e. The van der Waals surface area contributed by atoms with Crippen LogP contribution in [0.5, 0.6) is 0 Å². The van der Waals surface area contributed by atoms with Crippen molar-refractivity contribution >= 4 is 5.82 Å². The second kappa shape index (κ2) is 7.79. The fourth-order valence-electron chi connectivity index (χ4n) is 2.58. The van der Waals surface area contributed by atoms with Gasteiger partial charge in [0.15, 0.2) is 0 Å². The van der Waals surface area contributed by atoms with Gasteiger partial charge in [-0.05, 0) is 49.3 Å². The first-order valence-electron chi connectivity index (χ1n) is 8.60. The summed E-state index contributed by atoms with van der Waals surface area (Å²) in [6, 6.07) is 5.05. The summed E-state index contributed by atoms with van der Waals surface area (Å²) in [7, 11) is 0. The van der Waals surface area contributed by atoms with Gasteiger partial charge in [0.25, 0.3) is 0 Å². The van der Waals surface area contributed by atoms with Crippen molar-refractivity contribution in [3.63, 3.8) is 0 Å². The standard InChI is InChI=1S/C18H31N3/c1-5-9-21(13-15-7-8-15)18-11-16(12-19-14(3)4)10-17(6-2)20-18/h10-11,14-15,19H,5-9,12-13H2,1-4H3. The molecule has 3 nitrogen and oxygen atoms in total. The highest BCUT2D eigenvalue weighted by atomic mass is 15.2. The van der Waals surface area contributed by atoms with E-state index in [2.05, 4.69) is 50.0 Å². The fourth-order valence-corrected chi connectivity index (χ4v) is 2.58. The molecule has 1 heterocycles. The van der Waals surface area contributed by atoms with Gasteiger partial charge in [0.1, 0.15) is 5.82 Å². The molecule has 21 heavy (non-hydrogen) atoms. The molecule has 0 aliphatic heterocycles. The van der Waals surface area contributed by atoms with E-state index in [1.54, 1.807) is 0 Å². The van der Waals surface area contributed by atoms with Crippen LogP contribution in [0.3, 0.4) is 0 Å². The van der Waals surface area contributed by atoms with Gasteiger partial charge in [0.05, 0.1) is 0 Å². The number of hydrogen-bond acceptors (Lipinski definition) is 3. The SMILES string of the molecule is CCCN(CC1CC1)c1cc(CNC(C)C)cc(CC)n1. The summed E-state index contributed by atoms with van der Waals surface area (Å²) in [5, 5.41) is 3.52. The number of pyridine rings is 1. The van der Waals surface area contributed by atoms with Gasteiger partial charge in [-0.2, -0.15) is 0 Å². The molecule has 1 aromatic rings. The summed E-state index contributed by atoms with van der Waals surface area (Å²) in [6.07, 6.45) is 4.99. The monoisotopic (exact) mass is 289 g/mol. The van der Waals surface area contributed by atoms with Gasteiger partial charge in [0.2, 0.25) is 0 Å². The molecule has 1 aliphatic carbocycles. The van der Waals surface area contributed by atoms with E-state index in [9.17, 15) is 0 Å². The van der Waals surface area contributed by atoms with E-state index in [0.29, 0.717) is 6.04 Å². The van der Waals surface area contributed by atoms with Crippen LogP contribution in [0.4, 0.5) is 5.82 Å². The van der Waals surface area contributed by atoms with Crippen LogP contribution >= 0.6 is 0 Å². The van der Waals surface area contributed by atoms with Crippen molar-refractivity contribution in [2.75, 3.05) is 18.0 Å². The maximum Gasteiger partial charge on any atom is 0.129 e. The second-order valence-corrected chi connectivity index (χ2v) is 6.60. The highest BCUT2D eigenvalue weighted by molar-refractivity contribution is 5.43. The van der Waals surface area contributed by atoms with Crippen LogP contribution in [0.1, 0.15) is 58.2 Å². The van der Waals surface area contributed by atoms with Gasteiger partial charge < -0.3 is 10.2 Å². The van der Waals surface area contributed by atoms with Crippen molar-refractivity contribution in [2.24, 2.45) is 5.92 Å². The normalized spacial score (nSPS) is 14.7. The predicted octanol–water partition coefficient (Wildman–Crippen LogP) is 3.77. The lowest BCUT2D eigenvalue weighted by Gasteiger charge is -2.24. The molecule has 1 N–H and O–H groups in total. The van der Waals surface area contributed by atoms with Crippen LogP contribution in [0.2, 0.25) is 0 Å². The van der Waals surface area contributed by atoms with Crippen molar-refractivity contribution in [3.05, 3.63) is 23.4 Å². The summed E-state index contributed by atoms with van der Waals surface area (Å²) >= 11 is 0. The molecule has 0 radical (unpaired) electrons. The Balaban J connectivity index is 2.15. The van der Waals surface area contributed by atoms with Crippen LogP contribution in [0.15, 0.2) is 12.1 Å². The molecule has 118 valence electrons. The van der Waals surface area contributed by atoms with Gasteiger partial charge >= 0.3 is 0 Å². The van der Waals surface area contributed by atoms with E-state index in [1.807, 2.05) is 0 Å². The van der Waals surface area contributed by atoms with E-state index in [1.165, 1.54) is 42.9 Å². The van der Waals surface area contributed by atoms with Crippen LogP contribution in [0.25, 0.3) is 0 Å². The van der Waals surface area contributed by atoms with Gasteiger partial charge in [-0.3, -0.25) is 0 Å². The van der Waals surface area contributed by atoms with E-state index in [4.69, 9.17) is 4.98 Å². The van der Waals surface area contributed by atoms with Crippen LogP contribution in [0, 0.1) is 5.92 Å². The quantitative estimate of drug-likeness (QED) is 0.750. The summed E-state index contributed by atoms with van der Waals surface area (Å²) in [6.45, 7) is 12.1.